The van der Waals surface area contributed by atoms with E-state index >= 15 is 0 Å². The second kappa shape index (κ2) is 7.92. The van der Waals surface area contributed by atoms with Crippen LogP contribution < -0.4 is 0 Å². The van der Waals surface area contributed by atoms with Crippen molar-refractivity contribution in [3.05, 3.63) is 119 Å². The maximum Gasteiger partial charge on any atom is 0.194 e. The van der Waals surface area contributed by atoms with Crippen LogP contribution in [-0.2, 0) is 6.42 Å². The molecule has 4 heteroatoms. The Balaban J connectivity index is 1.56. The van der Waals surface area contributed by atoms with E-state index in [1.54, 1.807) is 6.07 Å². The van der Waals surface area contributed by atoms with Crippen molar-refractivity contribution in [2.45, 2.75) is 6.42 Å². The molecule has 29 heavy (non-hydrogen) atoms. The van der Waals surface area contributed by atoms with Gasteiger partial charge in [0.1, 0.15) is 5.82 Å². The lowest BCUT2D eigenvalue weighted by molar-refractivity contribution is 0.447. The Bertz CT molecular complexity index is 1130. The lowest BCUT2D eigenvalue weighted by Gasteiger charge is -2.09. The topological polar surface area (TPSA) is 0 Å². The highest BCUT2D eigenvalue weighted by Crippen LogP contribution is 2.28. The molecule has 0 aliphatic carbocycles. The highest BCUT2D eigenvalue weighted by atomic mass is 19.2. The standard InChI is InChI=1S/C25H16F4/c26-22-13-17(8-11-21(22)20-14-23(27)25(29)24(28)15-20)12-16-6-9-19(10-7-16)18-4-2-1-3-5-18/h1-11,13-15H,12H2. The summed E-state index contributed by atoms with van der Waals surface area (Å²) in [6.45, 7) is 0. The molecule has 0 amide bonds. The zero-order valence-electron chi connectivity index (χ0n) is 15.3. The Hall–Kier alpha value is -3.40. The van der Waals surface area contributed by atoms with Crippen LogP contribution in [0.15, 0.2) is 84.9 Å². The lowest BCUT2D eigenvalue weighted by atomic mass is 9.98. The Morgan fingerprint density at radius 1 is 0.483 bits per heavy atom. The highest BCUT2D eigenvalue weighted by Gasteiger charge is 2.14. The molecule has 4 aromatic carbocycles. The number of halogens is 4. The molecule has 0 unspecified atom stereocenters. The SMILES string of the molecule is Fc1cc(Cc2ccc(-c3ccccc3)cc2)ccc1-c1cc(F)c(F)c(F)c1. The van der Waals surface area contributed by atoms with Gasteiger partial charge in [-0.2, -0.15) is 0 Å². The van der Waals surface area contributed by atoms with E-state index < -0.39 is 23.3 Å². The van der Waals surface area contributed by atoms with Gasteiger partial charge in [0.05, 0.1) is 0 Å². The zero-order valence-corrected chi connectivity index (χ0v) is 15.3. The van der Waals surface area contributed by atoms with Crippen LogP contribution in [-0.4, -0.2) is 0 Å². The van der Waals surface area contributed by atoms with E-state index in [1.807, 2.05) is 54.6 Å². The molecule has 4 rings (SSSR count). The quantitative estimate of drug-likeness (QED) is 0.255. The van der Waals surface area contributed by atoms with Crippen LogP contribution in [0.4, 0.5) is 17.6 Å². The van der Waals surface area contributed by atoms with Gasteiger partial charge in [0.25, 0.3) is 0 Å². The summed E-state index contributed by atoms with van der Waals surface area (Å²) in [6.07, 6.45) is 0.512. The van der Waals surface area contributed by atoms with E-state index in [2.05, 4.69) is 0 Å². The minimum absolute atomic E-state index is 0.0194. The summed E-state index contributed by atoms with van der Waals surface area (Å²) in [5.41, 5.74) is 3.92. The first-order valence-corrected chi connectivity index (χ1v) is 9.09. The smallest absolute Gasteiger partial charge is 0.194 e. The van der Waals surface area contributed by atoms with Crippen LogP contribution in [0.25, 0.3) is 22.3 Å². The van der Waals surface area contributed by atoms with Gasteiger partial charge in [0, 0.05) is 5.56 Å². The summed E-state index contributed by atoms with van der Waals surface area (Å²) in [7, 11) is 0. The molecule has 0 fully saturated rings. The van der Waals surface area contributed by atoms with Gasteiger partial charge in [-0.15, -0.1) is 0 Å². The van der Waals surface area contributed by atoms with Gasteiger partial charge in [-0.05, 0) is 52.4 Å². The average Bonchev–Trinajstić information content (AvgIpc) is 2.73. The first-order chi connectivity index (χ1) is 14.0. The van der Waals surface area contributed by atoms with E-state index in [4.69, 9.17) is 0 Å². The molecule has 0 saturated carbocycles. The molecule has 0 saturated heterocycles. The molecule has 0 aliphatic heterocycles. The summed E-state index contributed by atoms with van der Waals surface area (Å²) in [5.74, 6) is -4.87. The van der Waals surface area contributed by atoms with Gasteiger partial charge in [-0.25, -0.2) is 17.6 Å². The predicted molar refractivity (Wildman–Crippen MR) is 106 cm³/mol. The van der Waals surface area contributed by atoms with Crippen molar-refractivity contribution in [3.63, 3.8) is 0 Å². The number of hydrogen-bond donors (Lipinski definition) is 0. The second-order valence-electron chi connectivity index (χ2n) is 6.81. The summed E-state index contributed by atoms with van der Waals surface area (Å²) >= 11 is 0. The van der Waals surface area contributed by atoms with Crippen LogP contribution in [0.3, 0.4) is 0 Å². The molecule has 0 radical (unpaired) electrons. The first-order valence-electron chi connectivity index (χ1n) is 9.09. The molecule has 0 nitrogen and oxygen atoms in total. The predicted octanol–water partition coefficient (Wildman–Crippen LogP) is 7.17. The molecule has 0 atom stereocenters. The summed E-state index contributed by atoms with van der Waals surface area (Å²) < 4.78 is 54.6. The molecule has 0 aromatic heterocycles. The van der Waals surface area contributed by atoms with Gasteiger partial charge in [0.15, 0.2) is 17.5 Å². The van der Waals surface area contributed by atoms with E-state index in [0.717, 1.165) is 34.4 Å². The molecule has 0 spiro atoms. The summed E-state index contributed by atoms with van der Waals surface area (Å²) in [5, 5.41) is 0. The van der Waals surface area contributed by atoms with Crippen molar-refractivity contribution in [1.82, 2.24) is 0 Å². The van der Waals surface area contributed by atoms with Crippen molar-refractivity contribution in [1.29, 1.82) is 0 Å². The van der Waals surface area contributed by atoms with Gasteiger partial charge in [0.2, 0.25) is 0 Å². The molecular formula is C25H16F4. The van der Waals surface area contributed by atoms with Crippen LogP contribution in [0.5, 0.6) is 0 Å². The fraction of sp³-hybridized carbons (Fsp3) is 0.0400. The van der Waals surface area contributed by atoms with E-state index in [0.29, 0.717) is 6.42 Å². The van der Waals surface area contributed by atoms with Crippen molar-refractivity contribution < 1.29 is 17.6 Å². The van der Waals surface area contributed by atoms with Crippen molar-refractivity contribution in [2.75, 3.05) is 0 Å². The average molecular weight is 392 g/mol. The molecule has 0 aliphatic rings. The monoisotopic (exact) mass is 392 g/mol. The van der Waals surface area contributed by atoms with E-state index in [9.17, 15) is 17.6 Å². The second-order valence-corrected chi connectivity index (χ2v) is 6.81. The Morgan fingerprint density at radius 2 is 1.07 bits per heavy atom. The van der Waals surface area contributed by atoms with Crippen molar-refractivity contribution in [3.8, 4) is 22.3 Å². The third-order valence-electron chi connectivity index (χ3n) is 4.80. The number of rotatable bonds is 4. The molecule has 0 heterocycles. The fourth-order valence-electron chi connectivity index (χ4n) is 3.30. The van der Waals surface area contributed by atoms with Gasteiger partial charge >= 0.3 is 0 Å². The van der Waals surface area contributed by atoms with Crippen LogP contribution in [0, 0.1) is 23.3 Å². The molecule has 4 aromatic rings. The Kier molecular flexibility index (Phi) is 5.17. The van der Waals surface area contributed by atoms with Gasteiger partial charge in [-0.1, -0.05) is 66.7 Å². The van der Waals surface area contributed by atoms with E-state index in [1.165, 1.54) is 12.1 Å². The summed E-state index contributed by atoms with van der Waals surface area (Å²) in [6, 6.07) is 24.0. The zero-order chi connectivity index (χ0) is 20.4. The first kappa shape index (κ1) is 18.9. The van der Waals surface area contributed by atoms with Gasteiger partial charge in [-0.3, -0.25) is 0 Å². The van der Waals surface area contributed by atoms with Crippen LogP contribution in [0.2, 0.25) is 0 Å². The van der Waals surface area contributed by atoms with Crippen molar-refractivity contribution >= 4 is 0 Å². The molecule has 144 valence electrons. The minimum Gasteiger partial charge on any atom is -0.206 e. The van der Waals surface area contributed by atoms with Crippen LogP contribution in [0.1, 0.15) is 11.1 Å². The maximum atomic E-state index is 14.5. The largest absolute Gasteiger partial charge is 0.206 e. The molecular weight excluding hydrogens is 376 g/mol. The summed E-state index contributed by atoms with van der Waals surface area (Å²) in [4.78, 5) is 0. The van der Waals surface area contributed by atoms with Gasteiger partial charge < -0.3 is 0 Å². The Morgan fingerprint density at radius 3 is 1.69 bits per heavy atom. The third kappa shape index (κ3) is 4.06. The highest BCUT2D eigenvalue weighted by molar-refractivity contribution is 5.65. The maximum absolute atomic E-state index is 14.5. The molecule has 0 bridgehead atoms. The number of hydrogen-bond acceptors (Lipinski definition) is 0. The third-order valence-corrected chi connectivity index (χ3v) is 4.80. The van der Waals surface area contributed by atoms with Crippen molar-refractivity contribution in [2.24, 2.45) is 0 Å². The van der Waals surface area contributed by atoms with E-state index in [-0.39, 0.29) is 11.1 Å². The fourth-order valence-corrected chi connectivity index (χ4v) is 3.30. The van der Waals surface area contributed by atoms with Crippen LogP contribution >= 0.6 is 0 Å². The minimum atomic E-state index is -1.57. The lowest BCUT2D eigenvalue weighted by Crippen LogP contribution is -1.95. The normalized spacial score (nSPS) is 10.9. The Labute approximate surface area is 166 Å². The number of benzene rings is 4. The molecule has 0 N–H and O–H groups in total.